The maximum Gasteiger partial charge on any atom is 0.374 e. The summed E-state index contributed by atoms with van der Waals surface area (Å²) < 4.78 is 15.8. The van der Waals surface area contributed by atoms with Crippen LogP contribution in [-0.4, -0.2) is 28.5 Å². The lowest BCUT2D eigenvalue weighted by atomic mass is 10.2. The average molecular weight is 411 g/mol. The van der Waals surface area contributed by atoms with Crippen molar-refractivity contribution in [1.29, 1.82) is 0 Å². The smallest absolute Gasteiger partial charge is 0.374 e. The van der Waals surface area contributed by atoms with E-state index in [2.05, 4.69) is 9.97 Å². The van der Waals surface area contributed by atoms with Crippen LogP contribution in [0.2, 0.25) is 0 Å². The van der Waals surface area contributed by atoms with Crippen LogP contribution in [0.4, 0.5) is 5.82 Å². The van der Waals surface area contributed by atoms with Crippen molar-refractivity contribution in [2.45, 2.75) is 20.5 Å². The molecule has 29 heavy (non-hydrogen) atoms. The first-order chi connectivity index (χ1) is 14.0. The standard InChI is InChI=1S/C20H17N3O5S/c1-3-26-20(25)16-10(2)15-17(21)22-14(23-18(15)29-16)9-27-19(24)13-8-11-6-4-5-7-12(11)28-13/h4-8H,3,9H2,1-2H3,(H2,21,22,23). The molecule has 0 atom stereocenters. The molecule has 0 saturated carbocycles. The van der Waals surface area contributed by atoms with Crippen LogP contribution in [0.1, 0.15) is 38.5 Å². The van der Waals surface area contributed by atoms with Gasteiger partial charge in [0.05, 0.1) is 12.0 Å². The first kappa shape index (κ1) is 18.9. The van der Waals surface area contributed by atoms with E-state index in [1.165, 1.54) is 11.3 Å². The third-order valence-corrected chi connectivity index (χ3v) is 5.45. The van der Waals surface area contributed by atoms with Crippen LogP contribution in [-0.2, 0) is 16.1 Å². The molecule has 0 aliphatic carbocycles. The number of para-hydroxylation sites is 1. The normalized spacial score (nSPS) is 11.1. The third kappa shape index (κ3) is 3.52. The van der Waals surface area contributed by atoms with Gasteiger partial charge in [-0.3, -0.25) is 0 Å². The van der Waals surface area contributed by atoms with Crippen molar-refractivity contribution in [3.05, 3.63) is 52.4 Å². The van der Waals surface area contributed by atoms with E-state index in [-0.39, 0.29) is 30.6 Å². The highest BCUT2D eigenvalue weighted by molar-refractivity contribution is 7.20. The van der Waals surface area contributed by atoms with Crippen LogP contribution in [0.25, 0.3) is 21.2 Å². The molecule has 9 heteroatoms. The molecule has 0 spiro atoms. The lowest BCUT2D eigenvalue weighted by Crippen LogP contribution is -2.08. The van der Waals surface area contributed by atoms with Crippen molar-refractivity contribution in [2.75, 3.05) is 12.3 Å². The molecule has 0 unspecified atom stereocenters. The molecule has 0 radical (unpaired) electrons. The van der Waals surface area contributed by atoms with Gasteiger partial charge >= 0.3 is 11.9 Å². The monoisotopic (exact) mass is 411 g/mol. The first-order valence-corrected chi connectivity index (χ1v) is 9.68. The molecule has 4 rings (SSSR count). The van der Waals surface area contributed by atoms with Gasteiger partial charge in [0.2, 0.25) is 5.76 Å². The molecule has 4 aromatic rings. The number of benzene rings is 1. The second-order valence-electron chi connectivity index (χ2n) is 6.21. The number of nitrogens with two attached hydrogens (primary N) is 1. The fourth-order valence-electron chi connectivity index (χ4n) is 2.96. The Hall–Kier alpha value is -3.46. The van der Waals surface area contributed by atoms with E-state index in [1.807, 2.05) is 18.2 Å². The van der Waals surface area contributed by atoms with Crippen molar-refractivity contribution in [2.24, 2.45) is 0 Å². The third-order valence-electron chi connectivity index (χ3n) is 4.28. The minimum Gasteiger partial charge on any atom is -0.462 e. The molecule has 0 amide bonds. The Morgan fingerprint density at radius 2 is 1.97 bits per heavy atom. The van der Waals surface area contributed by atoms with Crippen LogP contribution >= 0.6 is 11.3 Å². The number of nitrogen functional groups attached to an aromatic ring is 1. The molecule has 1 aromatic carbocycles. The zero-order chi connectivity index (χ0) is 20.5. The van der Waals surface area contributed by atoms with E-state index in [1.54, 1.807) is 26.0 Å². The summed E-state index contributed by atoms with van der Waals surface area (Å²) in [4.78, 5) is 33.9. The summed E-state index contributed by atoms with van der Waals surface area (Å²) in [5, 5.41) is 1.41. The number of hydrogen-bond acceptors (Lipinski definition) is 9. The van der Waals surface area contributed by atoms with Gasteiger partial charge in [-0.05, 0) is 31.5 Å². The van der Waals surface area contributed by atoms with E-state index in [4.69, 9.17) is 19.6 Å². The Kier molecular flexibility index (Phi) is 4.89. The van der Waals surface area contributed by atoms with Crippen molar-refractivity contribution < 1.29 is 23.5 Å². The SMILES string of the molecule is CCOC(=O)c1sc2nc(COC(=O)c3cc4ccccc4o3)nc(N)c2c1C. The van der Waals surface area contributed by atoms with E-state index in [0.717, 1.165) is 5.39 Å². The zero-order valence-corrected chi connectivity index (χ0v) is 16.5. The van der Waals surface area contributed by atoms with Gasteiger partial charge in [-0.1, -0.05) is 18.2 Å². The van der Waals surface area contributed by atoms with Gasteiger partial charge in [0.1, 0.15) is 21.1 Å². The molecule has 0 bridgehead atoms. The number of anilines is 1. The van der Waals surface area contributed by atoms with Gasteiger partial charge in [-0.2, -0.15) is 0 Å². The number of aryl methyl sites for hydroxylation is 1. The summed E-state index contributed by atoms with van der Waals surface area (Å²) >= 11 is 1.17. The second kappa shape index (κ2) is 7.51. The number of aromatic nitrogens is 2. The molecule has 0 aliphatic rings. The lowest BCUT2D eigenvalue weighted by molar-refractivity contribution is 0.0428. The first-order valence-electron chi connectivity index (χ1n) is 8.86. The number of furan rings is 1. The molecule has 3 heterocycles. The van der Waals surface area contributed by atoms with E-state index in [0.29, 0.717) is 26.2 Å². The fraction of sp³-hybridized carbons (Fsp3) is 0.200. The molecule has 0 aliphatic heterocycles. The van der Waals surface area contributed by atoms with Crippen molar-refractivity contribution in [3.8, 4) is 0 Å². The maximum absolute atomic E-state index is 12.3. The van der Waals surface area contributed by atoms with E-state index < -0.39 is 11.9 Å². The van der Waals surface area contributed by atoms with Gasteiger partial charge in [0, 0.05) is 5.39 Å². The van der Waals surface area contributed by atoms with E-state index in [9.17, 15) is 9.59 Å². The van der Waals surface area contributed by atoms with Crippen LogP contribution in [0.3, 0.4) is 0 Å². The second-order valence-corrected chi connectivity index (χ2v) is 7.21. The summed E-state index contributed by atoms with van der Waals surface area (Å²) in [5.41, 5.74) is 7.33. The largest absolute Gasteiger partial charge is 0.462 e. The van der Waals surface area contributed by atoms with E-state index >= 15 is 0 Å². The number of thiophene rings is 1. The summed E-state index contributed by atoms with van der Waals surface area (Å²) in [6.45, 7) is 3.60. The molecular formula is C20H17N3O5S. The highest BCUT2D eigenvalue weighted by Crippen LogP contribution is 2.33. The molecule has 3 aromatic heterocycles. The van der Waals surface area contributed by atoms with Crippen LogP contribution in [0, 0.1) is 6.92 Å². The Morgan fingerprint density at radius 3 is 2.72 bits per heavy atom. The van der Waals surface area contributed by atoms with Gasteiger partial charge < -0.3 is 19.6 Å². The van der Waals surface area contributed by atoms with Gasteiger partial charge in [-0.25, -0.2) is 19.6 Å². The molecule has 0 fully saturated rings. The minimum atomic E-state index is -0.627. The maximum atomic E-state index is 12.3. The van der Waals surface area contributed by atoms with Gasteiger partial charge in [-0.15, -0.1) is 11.3 Å². The fourth-order valence-corrected chi connectivity index (χ4v) is 4.06. The lowest BCUT2D eigenvalue weighted by Gasteiger charge is -2.04. The number of carbonyl (C=O) groups is 2. The van der Waals surface area contributed by atoms with Crippen molar-refractivity contribution >= 4 is 50.3 Å². The van der Waals surface area contributed by atoms with Gasteiger partial charge in [0.15, 0.2) is 12.4 Å². The minimum absolute atomic E-state index is 0.0943. The summed E-state index contributed by atoms with van der Waals surface area (Å²) in [5.74, 6) is -0.509. The Bertz CT molecular complexity index is 1210. The average Bonchev–Trinajstić information content (AvgIpc) is 3.28. The number of hydrogen-bond donors (Lipinski definition) is 1. The predicted molar refractivity (Wildman–Crippen MR) is 108 cm³/mol. The molecule has 2 N–H and O–H groups in total. The Labute approximate surface area is 169 Å². The number of carbonyl (C=O) groups excluding carboxylic acids is 2. The number of ether oxygens (including phenoxy) is 2. The Balaban J connectivity index is 1.56. The van der Waals surface area contributed by atoms with Crippen molar-refractivity contribution in [3.63, 3.8) is 0 Å². The zero-order valence-electron chi connectivity index (χ0n) is 15.7. The number of nitrogens with zero attached hydrogens (tertiary/aromatic N) is 2. The molecule has 148 valence electrons. The van der Waals surface area contributed by atoms with Gasteiger partial charge in [0.25, 0.3) is 0 Å². The summed E-state index contributed by atoms with van der Waals surface area (Å²) in [7, 11) is 0. The van der Waals surface area contributed by atoms with Crippen LogP contribution in [0.15, 0.2) is 34.7 Å². The quantitative estimate of drug-likeness (QED) is 0.492. The highest BCUT2D eigenvalue weighted by atomic mass is 32.1. The number of rotatable bonds is 5. The molecular weight excluding hydrogens is 394 g/mol. The molecule has 0 saturated heterocycles. The van der Waals surface area contributed by atoms with Crippen LogP contribution in [0.5, 0.6) is 0 Å². The topological polar surface area (TPSA) is 118 Å². The Morgan fingerprint density at radius 1 is 1.17 bits per heavy atom. The number of fused-ring (bicyclic) bond motifs is 2. The summed E-state index contributed by atoms with van der Waals surface area (Å²) in [6, 6.07) is 8.90. The van der Waals surface area contributed by atoms with Crippen molar-refractivity contribution in [1.82, 2.24) is 9.97 Å². The predicted octanol–water partition coefficient (Wildman–Crippen LogP) is 3.86. The van der Waals surface area contributed by atoms with Crippen LogP contribution < -0.4 is 5.73 Å². The summed E-state index contributed by atoms with van der Waals surface area (Å²) in [6.07, 6.45) is 0. The molecule has 8 nitrogen and oxygen atoms in total. The highest BCUT2D eigenvalue weighted by Gasteiger charge is 2.21. The number of esters is 2.